The van der Waals surface area contributed by atoms with Crippen LogP contribution in [0.1, 0.15) is 30.7 Å². The zero-order valence-corrected chi connectivity index (χ0v) is 17.0. The fraction of sp³-hybridized carbons (Fsp3) is 0.222. The lowest BCUT2D eigenvalue weighted by Gasteiger charge is -2.05. The molecule has 0 fully saturated rings. The van der Waals surface area contributed by atoms with E-state index in [1.54, 1.807) is 0 Å². The third-order valence-corrected chi connectivity index (χ3v) is 6.01. The van der Waals surface area contributed by atoms with Gasteiger partial charge in [-0.3, -0.25) is 0 Å². The van der Waals surface area contributed by atoms with Gasteiger partial charge in [0.1, 0.15) is 11.9 Å². The summed E-state index contributed by atoms with van der Waals surface area (Å²) in [4.78, 5) is 0. The van der Waals surface area contributed by atoms with Crippen LogP contribution < -0.4 is 4.57 Å². The normalized spacial score (nSPS) is 13.7. The SMILES string of the molecule is Cc1ccc(-n2cc(-c3ccc(-c4ccccc4)cc3)[n+]3c2CCCCC3)cc1. The highest BCUT2D eigenvalue weighted by molar-refractivity contribution is 5.68. The number of hydrogen-bond acceptors (Lipinski definition) is 0. The van der Waals surface area contributed by atoms with Crippen LogP contribution in [0, 0.1) is 6.92 Å². The van der Waals surface area contributed by atoms with Gasteiger partial charge in [-0.2, -0.15) is 4.57 Å². The Morgan fingerprint density at radius 3 is 2.14 bits per heavy atom. The molecule has 0 N–H and O–H groups in total. The molecule has 0 saturated heterocycles. The van der Waals surface area contributed by atoms with Gasteiger partial charge in [0.05, 0.1) is 6.54 Å². The van der Waals surface area contributed by atoms with Crippen molar-refractivity contribution in [1.82, 2.24) is 4.57 Å². The van der Waals surface area contributed by atoms with E-state index in [0.717, 1.165) is 13.0 Å². The Labute approximate surface area is 173 Å². The Bertz CT molecular complexity index is 1100. The summed E-state index contributed by atoms with van der Waals surface area (Å²) in [6, 6.07) is 28.5. The van der Waals surface area contributed by atoms with Gasteiger partial charge in [0, 0.05) is 12.0 Å². The van der Waals surface area contributed by atoms with Gasteiger partial charge < -0.3 is 0 Å². The van der Waals surface area contributed by atoms with Crippen LogP contribution >= 0.6 is 0 Å². The molecule has 0 unspecified atom stereocenters. The second kappa shape index (κ2) is 7.71. The van der Waals surface area contributed by atoms with E-state index >= 15 is 0 Å². The maximum absolute atomic E-state index is 2.55. The maximum Gasteiger partial charge on any atom is 0.262 e. The minimum atomic E-state index is 1.10. The summed E-state index contributed by atoms with van der Waals surface area (Å²) >= 11 is 0. The smallest absolute Gasteiger partial charge is 0.227 e. The van der Waals surface area contributed by atoms with Crippen LogP contribution in [0.4, 0.5) is 0 Å². The molecule has 1 aromatic heterocycles. The molecule has 2 heterocycles. The fourth-order valence-electron chi connectivity index (χ4n) is 4.39. The van der Waals surface area contributed by atoms with E-state index < -0.39 is 0 Å². The van der Waals surface area contributed by atoms with Gasteiger partial charge in [-0.25, -0.2) is 4.57 Å². The van der Waals surface area contributed by atoms with E-state index in [1.807, 2.05) is 0 Å². The third kappa shape index (κ3) is 3.51. The van der Waals surface area contributed by atoms with Crippen molar-refractivity contribution in [1.29, 1.82) is 0 Å². The topological polar surface area (TPSA) is 8.81 Å². The third-order valence-electron chi connectivity index (χ3n) is 6.01. The molecule has 4 aromatic rings. The molecule has 1 aliphatic rings. The highest BCUT2D eigenvalue weighted by Gasteiger charge is 2.26. The van der Waals surface area contributed by atoms with E-state index in [0.29, 0.717) is 0 Å². The monoisotopic (exact) mass is 379 g/mol. The lowest BCUT2D eigenvalue weighted by atomic mass is 10.0. The highest BCUT2D eigenvalue weighted by Crippen LogP contribution is 2.26. The number of rotatable bonds is 3. The Balaban J connectivity index is 1.59. The summed E-state index contributed by atoms with van der Waals surface area (Å²) in [5.41, 5.74) is 7.71. The molecule has 0 saturated carbocycles. The molecule has 0 bridgehead atoms. The number of aryl methyl sites for hydroxylation is 1. The molecule has 5 rings (SSSR count). The Morgan fingerprint density at radius 2 is 1.38 bits per heavy atom. The number of hydrogen-bond donors (Lipinski definition) is 0. The zero-order valence-electron chi connectivity index (χ0n) is 17.0. The average molecular weight is 380 g/mol. The largest absolute Gasteiger partial charge is 0.262 e. The van der Waals surface area contributed by atoms with Crippen LogP contribution in [0.3, 0.4) is 0 Å². The van der Waals surface area contributed by atoms with Crippen molar-refractivity contribution in [2.45, 2.75) is 39.2 Å². The van der Waals surface area contributed by atoms with E-state index in [9.17, 15) is 0 Å². The first-order valence-corrected chi connectivity index (χ1v) is 10.7. The molecule has 0 aliphatic carbocycles. The van der Waals surface area contributed by atoms with Crippen molar-refractivity contribution in [3.63, 3.8) is 0 Å². The lowest BCUT2D eigenvalue weighted by Crippen LogP contribution is -2.38. The second-order valence-electron chi connectivity index (χ2n) is 8.04. The fourth-order valence-corrected chi connectivity index (χ4v) is 4.39. The first-order valence-electron chi connectivity index (χ1n) is 10.7. The highest BCUT2D eigenvalue weighted by atomic mass is 15.2. The van der Waals surface area contributed by atoms with Crippen molar-refractivity contribution in [3.8, 4) is 28.1 Å². The van der Waals surface area contributed by atoms with Crippen LogP contribution in [0.2, 0.25) is 0 Å². The van der Waals surface area contributed by atoms with Crippen molar-refractivity contribution in [2.24, 2.45) is 0 Å². The first kappa shape index (κ1) is 17.9. The van der Waals surface area contributed by atoms with Gasteiger partial charge in [0.15, 0.2) is 5.69 Å². The van der Waals surface area contributed by atoms with Gasteiger partial charge >= 0.3 is 0 Å². The summed E-state index contributed by atoms with van der Waals surface area (Å²) in [5.74, 6) is 1.42. The van der Waals surface area contributed by atoms with E-state index in [1.165, 1.54) is 58.7 Å². The maximum atomic E-state index is 2.55. The summed E-state index contributed by atoms with van der Waals surface area (Å²) < 4.78 is 4.95. The standard InChI is InChI=1S/C27H27N2/c1-21-11-17-25(18-12-21)29-20-26(28-19-7-3-6-10-27(28)29)24-15-13-23(14-16-24)22-8-4-2-5-9-22/h2,4-5,8-9,11-18,20H,3,6-7,10,19H2,1H3/q+1. The molecule has 0 atom stereocenters. The van der Waals surface area contributed by atoms with E-state index in [4.69, 9.17) is 0 Å². The van der Waals surface area contributed by atoms with Crippen LogP contribution in [-0.2, 0) is 13.0 Å². The molecule has 2 nitrogen and oxygen atoms in total. The molecule has 1 aliphatic heterocycles. The molecule has 3 aromatic carbocycles. The second-order valence-corrected chi connectivity index (χ2v) is 8.04. The number of fused-ring (bicyclic) bond motifs is 1. The van der Waals surface area contributed by atoms with Gasteiger partial charge in [0.25, 0.3) is 5.82 Å². The van der Waals surface area contributed by atoms with Crippen LogP contribution in [0.15, 0.2) is 85.1 Å². The molecular weight excluding hydrogens is 352 g/mol. The van der Waals surface area contributed by atoms with Gasteiger partial charge in [-0.1, -0.05) is 60.2 Å². The lowest BCUT2D eigenvalue weighted by molar-refractivity contribution is -0.692. The predicted octanol–water partition coefficient (Wildman–Crippen LogP) is 6.13. The quantitative estimate of drug-likeness (QED) is 0.378. The number of nitrogens with zero attached hydrogens (tertiary/aromatic N) is 2. The minimum Gasteiger partial charge on any atom is -0.227 e. The Hall–Kier alpha value is -3.13. The minimum absolute atomic E-state index is 1.10. The van der Waals surface area contributed by atoms with Gasteiger partial charge in [-0.05, 0) is 61.6 Å². The van der Waals surface area contributed by atoms with Crippen LogP contribution in [-0.4, -0.2) is 4.57 Å². The number of aromatic nitrogens is 2. The van der Waals surface area contributed by atoms with E-state index in [2.05, 4.69) is 101 Å². The summed E-state index contributed by atoms with van der Waals surface area (Å²) in [6.45, 7) is 3.25. The number of benzene rings is 3. The van der Waals surface area contributed by atoms with Crippen molar-refractivity contribution in [2.75, 3.05) is 0 Å². The van der Waals surface area contributed by atoms with Crippen LogP contribution in [0.5, 0.6) is 0 Å². The number of imidazole rings is 1. The van der Waals surface area contributed by atoms with Crippen LogP contribution in [0.25, 0.3) is 28.1 Å². The first-order chi connectivity index (χ1) is 14.3. The molecular formula is C27H27N2+. The summed E-state index contributed by atoms with van der Waals surface area (Å²) in [7, 11) is 0. The van der Waals surface area contributed by atoms with Crippen molar-refractivity contribution < 1.29 is 4.57 Å². The molecule has 0 radical (unpaired) electrons. The van der Waals surface area contributed by atoms with Crippen molar-refractivity contribution in [3.05, 3.63) is 96.4 Å². The van der Waals surface area contributed by atoms with Gasteiger partial charge in [0.2, 0.25) is 0 Å². The molecule has 0 spiro atoms. The molecule has 29 heavy (non-hydrogen) atoms. The zero-order chi connectivity index (χ0) is 19.6. The molecule has 144 valence electrons. The van der Waals surface area contributed by atoms with Crippen molar-refractivity contribution >= 4 is 0 Å². The molecule has 2 heteroatoms. The Kier molecular flexibility index (Phi) is 4.77. The summed E-state index contributed by atoms with van der Waals surface area (Å²) in [5, 5.41) is 0. The van der Waals surface area contributed by atoms with E-state index in [-0.39, 0.29) is 0 Å². The average Bonchev–Trinajstić information content (AvgIpc) is 2.96. The van der Waals surface area contributed by atoms with Gasteiger partial charge in [-0.15, -0.1) is 0 Å². The Morgan fingerprint density at radius 1 is 0.690 bits per heavy atom. The summed E-state index contributed by atoms with van der Waals surface area (Å²) in [6.07, 6.45) is 7.30. The predicted molar refractivity (Wildman–Crippen MR) is 119 cm³/mol. The molecule has 0 amide bonds.